The van der Waals surface area contributed by atoms with Gasteiger partial charge in [-0.05, 0) is 0 Å². The first-order valence-corrected chi connectivity index (χ1v) is 3.75. The maximum absolute atomic E-state index is 12.8. The van der Waals surface area contributed by atoms with Crippen molar-refractivity contribution in [3.05, 3.63) is 17.7 Å². The highest BCUT2D eigenvalue weighted by Crippen LogP contribution is 2.26. The lowest BCUT2D eigenvalue weighted by Gasteiger charge is -2.10. The van der Waals surface area contributed by atoms with Gasteiger partial charge in [0.25, 0.3) is 5.92 Å². The lowest BCUT2D eigenvalue weighted by molar-refractivity contribution is 0.00973. The van der Waals surface area contributed by atoms with Gasteiger partial charge in [-0.1, -0.05) is 0 Å². The minimum absolute atomic E-state index is 0.0523. The molecule has 1 aromatic rings. The van der Waals surface area contributed by atoms with Crippen molar-refractivity contribution in [1.82, 2.24) is 9.55 Å². The van der Waals surface area contributed by atoms with E-state index in [9.17, 15) is 13.6 Å². The molecule has 0 saturated carbocycles. The van der Waals surface area contributed by atoms with Crippen molar-refractivity contribution in [2.75, 3.05) is 0 Å². The lowest BCUT2D eigenvalue weighted by Crippen LogP contribution is -2.15. The molecule has 0 atom stereocenters. The molecule has 0 aromatic carbocycles. The van der Waals surface area contributed by atoms with Crippen LogP contribution in [0.2, 0.25) is 0 Å². The standard InChI is InChI=1S/C8H10F2N2O/c1-5(13)7-11-4-6(12(7)3)8(2,9)10/h4H,1-3H3. The average molecular weight is 188 g/mol. The summed E-state index contributed by atoms with van der Waals surface area (Å²) in [4.78, 5) is 14.5. The summed E-state index contributed by atoms with van der Waals surface area (Å²) in [7, 11) is 1.40. The Bertz CT molecular complexity index is 338. The molecule has 1 aromatic heterocycles. The maximum atomic E-state index is 12.8. The van der Waals surface area contributed by atoms with Gasteiger partial charge in [-0.15, -0.1) is 0 Å². The van der Waals surface area contributed by atoms with E-state index in [1.54, 1.807) is 0 Å². The molecular formula is C8H10F2N2O. The van der Waals surface area contributed by atoms with Crippen molar-refractivity contribution in [1.29, 1.82) is 0 Å². The minimum Gasteiger partial charge on any atom is -0.324 e. The largest absolute Gasteiger partial charge is 0.324 e. The number of rotatable bonds is 2. The van der Waals surface area contributed by atoms with Crippen LogP contribution in [0.1, 0.15) is 30.2 Å². The Hall–Kier alpha value is -1.26. The second kappa shape index (κ2) is 2.90. The Labute approximate surface area is 74.4 Å². The van der Waals surface area contributed by atoms with E-state index in [0.29, 0.717) is 0 Å². The molecule has 0 spiro atoms. The zero-order valence-corrected chi connectivity index (χ0v) is 7.64. The molecule has 0 bridgehead atoms. The van der Waals surface area contributed by atoms with Crippen LogP contribution in [0.4, 0.5) is 8.78 Å². The van der Waals surface area contributed by atoms with Gasteiger partial charge in [0.1, 0.15) is 5.69 Å². The summed E-state index contributed by atoms with van der Waals surface area (Å²) in [6.07, 6.45) is 1.02. The van der Waals surface area contributed by atoms with Crippen LogP contribution in [0.25, 0.3) is 0 Å². The van der Waals surface area contributed by atoms with Gasteiger partial charge in [0.15, 0.2) is 11.6 Å². The SMILES string of the molecule is CC(=O)c1ncc(C(C)(F)F)n1C. The smallest absolute Gasteiger partial charge is 0.286 e. The van der Waals surface area contributed by atoms with Crippen molar-refractivity contribution in [2.45, 2.75) is 19.8 Å². The number of hydrogen-bond donors (Lipinski definition) is 0. The van der Waals surface area contributed by atoms with E-state index in [2.05, 4.69) is 4.98 Å². The third kappa shape index (κ3) is 1.74. The topological polar surface area (TPSA) is 34.9 Å². The van der Waals surface area contributed by atoms with Crippen LogP contribution in [0.5, 0.6) is 0 Å². The number of hydrogen-bond acceptors (Lipinski definition) is 2. The van der Waals surface area contributed by atoms with Crippen molar-refractivity contribution in [3.8, 4) is 0 Å². The van der Waals surface area contributed by atoms with Crippen LogP contribution in [0.15, 0.2) is 6.20 Å². The highest BCUT2D eigenvalue weighted by Gasteiger charge is 2.29. The molecule has 5 heteroatoms. The van der Waals surface area contributed by atoms with Crippen LogP contribution in [-0.4, -0.2) is 15.3 Å². The predicted molar refractivity (Wildman–Crippen MR) is 42.8 cm³/mol. The number of aromatic nitrogens is 2. The summed E-state index contributed by atoms with van der Waals surface area (Å²) in [6.45, 7) is 2.06. The quantitative estimate of drug-likeness (QED) is 0.662. The van der Waals surface area contributed by atoms with Crippen LogP contribution < -0.4 is 0 Å². The van der Waals surface area contributed by atoms with Crippen LogP contribution in [0.3, 0.4) is 0 Å². The maximum Gasteiger partial charge on any atom is 0.286 e. The van der Waals surface area contributed by atoms with E-state index in [-0.39, 0.29) is 17.3 Å². The third-order valence-electron chi connectivity index (χ3n) is 1.75. The number of carbonyl (C=O) groups is 1. The first-order chi connectivity index (χ1) is 5.84. The minimum atomic E-state index is -2.96. The van der Waals surface area contributed by atoms with Gasteiger partial charge in [0.05, 0.1) is 6.20 Å². The van der Waals surface area contributed by atoms with Crippen molar-refractivity contribution in [2.24, 2.45) is 7.05 Å². The molecule has 1 heterocycles. The van der Waals surface area contributed by atoms with E-state index < -0.39 is 5.92 Å². The normalized spacial score (nSPS) is 11.8. The average Bonchev–Trinajstić information content (AvgIpc) is 2.28. The fourth-order valence-corrected chi connectivity index (χ4v) is 1.14. The van der Waals surface area contributed by atoms with Gasteiger partial charge in [-0.3, -0.25) is 4.79 Å². The number of imidazole rings is 1. The number of ketones is 1. The Morgan fingerprint density at radius 3 is 2.38 bits per heavy atom. The van der Waals surface area contributed by atoms with E-state index >= 15 is 0 Å². The first-order valence-electron chi connectivity index (χ1n) is 3.75. The Morgan fingerprint density at radius 1 is 1.62 bits per heavy atom. The molecule has 0 radical (unpaired) electrons. The van der Waals surface area contributed by atoms with Gasteiger partial charge in [0.2, 0.25) is 0 Å². The van der Waals surface area contributed by atoms with Gasteiger partial charge in [-0.2, -0.15) is 8.78 Å². The molecule has 0 fully saturated rings. The zero-order valence-electron chi connectivity index (χ0n) is 7.64. The Morgan fingerprint density at radius 2 is 2.15 bits per heavy atom. The second-order valence-electron chi connectivity index (χ2n) is 2.97. The van der Waals surface area contributed by atoms with Crippen LogP contribution >= 0.6 is 0 Å². The predicted octanol–water partition coefficient (Wildman–Crippen LogP) is 1.73. The van der Waals surface area contributed by atoms with Gasteiger partial charge < -0.3 is 4.57 Å². The molecule has 0 aliphatic heterocycles. The molecule has 3 nitrogen and oxygen atoms in total. The monoisotopic (exact) mass is 188 g/mol. The number of nitrogens with zero attached hydrogens (tertiary/aromatic N) is 2. The van der Waals surface area contributed by atoms with Gasteiger partial charge in [0, 0.05) is 20.9 Å². The molecule has 0 N–H and O–H groups in total. The summed E-state index contributed by atoms with van der Waals surface area (Å²) < 4.78 is 26.8. The number of alkyl halides is 2. The van der Waals surface area contributed by atoms with E-state index in [4.69, 9.17) is 0 Å². The number of halogens is 2. The van der Waals surface area contributed by atoms with E-state index in [0.717, 1.165) is 17.7 Å². The van der Waals surface area contributed by atoms with Crippen molar-refractivity contribution < 1.29 is 13.6 Å². The fraction of sp³-hybridized carbons (Fsp3) is 0.500. The highest BCUT2D eigenvalue weighted by molar-refractivity contribution is 5.90. The molecule has 0 amide bonds. The molecule has 0 aliphatic rings. The molecule has 72 valence electrons. The molecular weight excluding hydrogens is 178 g/mol. The van der Waals surface area contributed by atoms with Crippen LogP contribution in [0, 0.1) is 0 Å². The van der Waals surface area contributed by atoms with Crippen molar-refractivity contribution in [3.63, 3.8) is 0 Å². The lowest BCUT2D eigenvalue weighted by atomic mass is 10.3. The van der Waals surface area contributed by atoms with Crippen LogP contribution in [-0.2, 0) is 13.0 Å². The molecule has 0 aliphatic carbocycles. The third-order valence-corrected chi connectivity index (χ3v) is 1.75. The second-order valence-corrected chi connectivity index (χ2v) is 2.97. The molecule has 1 rings (SSSR count). The fourth-order valence-electron chi connectivity index (χ4n) is 1.14. The van der Waals surface area contributed by atoms with Gasteiger partial charge >= 0.3 is 0 Å². The summed E-state index contributed by atoms with van der Waals surface area (Å²) in [6, 6.07) is 0. The molecule has 0 unspecified atom stereocenters. The van der Waals surface area contributed by atoms with E-state index in [1.807, 2.05) is 0 Å². The summed E-state index contributed by atoms with van der Waals surface area (Å²) in [5.41, 5.74) is -0.252. The number of carbonyl (C=O) groups excluding carboxylic acids is 1. The summed E-state index contributed by atoms with van der Waals surface area (Å²) in [5, 5.41) is 0. The van der Waals surface area contributed by atoms with E-state index in [1.165, 1.54) is 14.0 Å². The van der Waals surface area contributed by atoms with Gasteiger partial charge in [-0.25, -0.2) is 4.98 Å². The van der Waals surface area contributed by atoms with Crippen molar-refractivity contribution >= 4 is 5.78 Å². The Balaban J connectivity index is 3.22. The first kappa shape index (κ1) is 9.83. The summed E-state index contributed by atoms with van der Waals surface area (Å²) in [5.74, 6) is -3.23. The molecule has 13 heavy (non-hydrogen) atoms. The zero-order chi connectivity index (χ0) is 10.2. The Kier molecular flexibility index (Phi) is 2.19. The number of Topliss-reactive ketones (excluding diaryl/α,β-unsaturated/α-hetero) is 1. The molecule has 0 saturated heterocycles. The highest BCUT2D eigenvalue weighted by atomic mass is 19.3. The summed E-state index contributed by atoms with van der Waals surface area (Å²) >= 11 is 0.